The van der Waals surface area contributed by atoms with E-state index in [1.807, 2.05) is 48.1 Å². The Morgan fingerprint density at radius 2 is 2.10 bits per heavy atom. The first-order chi connectivity index (χ1) is 15.0. The summed E-state index contributed by atoms with van der Waals surface area (Å²) < 4.78 is 21.3. The maximum absolute atomic E-state index is 14.4. The number of aromatic nitrogens is 2. The molecule has 0 radical (unpaired) electrons. The van der Waals surface area contributed by atoms with Crippen molar-refractivity contribution in [1.29, 1.82) is 0 Å². The van der Waals surface area contributed by atoms with Gasteiger partial charge in [0.25, 0.3) is 0 Å². The molecule has 0 aliphatic carbocycles. The van der Waals surface area contributed by atoms with Gasteiger partial charge < -0.3 is 10.5 Å². The number of aryl methyl sites for hydroxylation is 1. The summed E-state index contributed by atoms with van der Waals surface area (Å²) in [7, 11) is 1.45. The Morgan fingerprint density at radius 1 is 1.29 bits per heavy atom. The van der Waals surface area contributed by atoms with Gasteiger partial charge in [-0.25, -0.2) is 9.07 Å². The van der Waals surface area contributed by atoms with Crippen LogP contribution in [0.15, 0.2) is 48.7 Å². The van der Waals surface area contributed by atoms with Crippen molar-refractivity contribution in [2.45, 2.75) is 26.3 Å². The number of nitrogens with two attached hydrogens (primary N) is 1. The predicted molar refractivity (Wildman–Crippen MR) is 117 cm³/mol. The molecule has 2 heterocycles. The highest BCUT2D eigenvalue weighted by atomic mass is 19.1. The van der Waals surface area contributed by atoms with Crippen molar-refractivity contribution in [3.63, 3.8) is 0 Å². The number of hydrogen-bond acceptors (Lipinski definition) is 4. The molecule has 1 amide bonds. The van der Waals surface area contributed by atoms with E-state index in [2.05, 4.69) is 4.90 Å². The molecule has 6 nitrogen and oxygen atoms in total. The number of rotatable bonds is 6. The van der Waals surface area contributed by atoms with E-state index in [0.29, 0.717) is 24.3 Å². The molecule has 1 atom stereocenters. The first-order valence-corrected chi connectivity index (χ1v) is 10.5. The molecule has 7 heteroatoms. The highest BCUT2D eigenvalue weighted by Gasteiger charge is 2.25. The van der Waals surface area contributed by atoms with Crippen LogP contribution >= 0.6 is 0 Å². The molecular formula is C24H27FN4O2. The molecule has 1 saturated heterocycles. The minimum Gasteiger partial charge on any atom is -0.494 e. The zero-order valence-electron chi connectivity index (χ0n) is 17.8. The summed E-state index contributed by atoms with van der Waals surface area (Å²) in [5, 5.41) is 4.82. The number of benzene rings is 2. The molecular weight excluding hydrogens is 395 g/mol. The second-order valence-electron chi connectivity index (χ2n) is 8.06. The highest BCUT2D eigenvalue weighted by Crippen LogP contribution is 2.30. The Balaban J connectivity index is 1.73. The van der Waals surface area contributed by atoms with E-state index in [-0.39, 0.29) is 17.6 Å². The van der Waals surface area contributed by atoms with E-state index in [9.17, 15) is 9.18 Å². The monoisotopic (exact) mass is 422 g/mol. The summed E-state index contributed by atoms with van der Waals surface area (Å²) in [4.78, 5) is 13.9. The summed E-state index contributed by atoms with van der Waals surface area (Å²) in [6, 6.07) is 12.9. The second-order valence-corrected chi connectivity index (χ2v) is 8.06. The zero-order valence-corrected chi connectivity index (χ0v) is 17.8. The van der Waals surface area contributed by atoms with Crippen LogP contribution in [0.25, 0.3) is 16.9 Å². The Bertz CT molecular complexity index is 1090. The number of hydrogen-bond donors (Lipinski definition) is 1. The molecule has 1 aromatic heterocycles. The van der Waals surface area contributed by atoms with E-state index in [0.717, 1.165) is 36.2 Å². The first-order valence-electron chi connectivity index (χ1n) is 10.5. The molecule has 0 unspecified atom stereocenters. The lowest BCUT2D eigenvalue weighted by atomic mass is 9.97. The Morgan fingerprint density at radius 3 is 2.81 bits per heavy atom. The van der Waals surface area contributed by atoms with Gasteiger partial charge in [-0.2, -0.15) is 5.10 Å². The molecule has 162 valence electrons. The van der Waals surface area contributed by atoms with Crippen molar-refractivity contribution in [2.24, 2.45) is 11.7 Å². The van der Waals surface area contributed by atoms with Crippen molar-refractivity contribution >= 4 is 5.91 Å². The summed E-state index contributed by atoms with van der Waals surface area (Å²) in [5.41, 5.74) is 9.98. The minimum atomic E-state index is -0.428. The Hall–Kier alpha value is -3.19. The lowest BCUT2D eigenvalue weighted by Crippen LogP contribution is -2.40. The van der Waals surface area contributed by atoms with Gasteiger partial charge in [0, 0.05) is 30.4 Å². The van der Waals surface area contributed by atoms with Crippen molar-refractivity contribution in [1.82, 2.24) is 14.7 Å². The fraction of sp³-hybridized carbons (Fsp3) is 0.333. The molecule has 0 spiro atoms. The van der Waals surface area contributed by atoms with Crippen molar-refractivity contribution in [2.75, 3.05) is 20.2 Å². The highest BCUT2D eigenvalue weighted by molar-refractivity contribution is 5.77. The number of primary amides is 1. The van der Waals surface area contributed by atoms with Gasteiger partial charge in [-0.05, 0) is 56.1 Å². The number of ether oxygens (including phenoxy) is 1. The van der Waals surface area contributed by atoms with Gasteiger partial charge in [-0.1, -0.05) is 18.2 Å². The van der Waals surface area contributed by atoms with Crippen molar-refractivity contribution < 1.29 is 13.9 Å². The third-order valence-electron chi connectivity index (χ3n) is 5.88. The minimum absolute atomic E-state index is 0.137. The fourth-order valence-electron chi connectivity index (χ4n) is 4.20. The predicted octanol–water partition coefficient (Wildman–Crippen LogP) is 3.69. The number of likely N-dealkylation sites (tertiary alicyclic amines) is 1. The average molecular weight is 423 g/mol. The van der Waals surface area contributed by atoms with Crippen LogP contribution in [0, 0.1) is 18.7 Å². The summed E-state index contributed by atoms with van der Waals surface area (Å²) in [6.07, 6.45) is 3.74. The lowest BCUT2D eigenvalue weighted by molar-refractivity contribution is -0.123. The standard InChI is InChI=1S/C24H27FN4O2/c1-16-6-3-4-8-21(16)29-15-19(14-28-11-5-7-18(13-28)24(26)30)23(27-29)17-9-10-22(31-2)20(25)12-17/h3-4,6,8-10,12,15,18H,5,7,11,13-14H2,1-2H3,(H2,26,30)/t18-/m1/s1. The lowest BCUT2D eigenvalue weighted by Gasteiger charge is -2.31. The van der Waals surface area contributed by atoms with E-state index in [1.54, 1.807) is 6.07 Å². The van der Waals surface area contributed by atoms with Crippen LogP contribution in [0.5, 0.6) is 5.75 Å². The second kappa shape index (κ2) is 8.89. The van der Waals surface area contributed by atoms with Crippen LogP contribution in [0.4, 0.5) is 4.39 Å². The van der Waals surface area contributed by atoms with Gasteiger partial charge in [-0.15, -0.1) is 0 Å². The molecule has 0 saturated carbocycles. The Labute approximate surface area is 181 Å². The van der Waals surface area contributed by atoms with Crippen LogP contribution in [-0.4, -0.2) is 40.8 Å². The van der Waals surface area contributed by atoms with Gasteiger partial charge >= 0.3 is 0 Å². The van der Waals surface area contributed by atoms with Crippen LogP contribution < -0.4 is 10.5 Å². The molecule has 0 bridgehead atoms. The topological polar surface area (TPSA) is 73.4 Å². The molecule has 1 aliphatic rings. The third-order valence-corrected chi connectivity index (χ3v) is 5.88. The van der Waals surface area contributed by atoms with Crippen LogP contribution in [0.3, 0.4) is 0 Å². The van der Waals surface area contributed by atoms with Gasteiger partial charge in [0.2, 0.25) is 5.91 Å². The van der Waals surface area contributed by atoms with Gasteiger partial charge in [-0.3, -0.25) is 9.69 Å². The fourth-order valence-corrected chi connectivity index (χ4v) is 4.20. The average Bonchev–Trinajstić information content (AvgIpc) is 3.17. The molecule has 31 heavy (non-hydrogen) atoms. The largest absolute Gasteiger partial charge is 0.494 e. The number of halogens is 1. The van der Waals surface area contributed by atoms with E-state index >= 15 is 0 Å². The molecule has 3 aromatic rings. The normalized spacial score (nSPS) is 16.9. The van der Waals surface area contributed by atoms with E-state index in [4.69, 9.17) is 15.6 Å². The molecule has 1 aliphatic heterocycles. The maximum atomic E-state index is 14.4. The van der Waals surface area contributed by atoms with Crippen LogP contribution in [0.2, 0.25) is 0 Å². The zero-order chi connectivity index (χ0) is 22.0. The third kappa shape index (κ3) is 4.46. The number of amides is 1. The van der Waals surface area contributed by atoms with Crippen LogP contribution in [-0.2, 0) is 11.3 Å². The van der Waals surface area contributed by atoms with Crippen molar-refractivity contribution in [3.8, 4) is 22.7 Å². The van der Waals surface area contributed by atoms with Gasteiger partial charge in [0.05, 0.1) is 24.4 Å². The number of nitrogens with zero attached hydrogens (tertiary/aromatic N) is 3. The van der Waals surface area contributed by atoms with E-state index in [1.165, 1.54) is 13.2 Å². The summed E-state index contributed by atoms with van der Waals surface area (Å²) >= 11 is 0. The van der Waals surface area contributed by atoms with Crippen molar-refractivity contribution in [3.05, 3.63) is 65.6 Å². The smallest absolute Gasteiger partial charge is 0.221 e. The molecule has 2 aromatic carbocycles. The summed E-state index contributed by atoms with van der Waals surface area (Å²) in [5.74, 6) is -0.619. The molecule has 1 fully saturated rings. The maximum Gasteiger partial charge on any atom is 0.221 e. The summed E-state index contributed by atoms with van der Waals surface area (Å²) in [6.45, 7) is 4.15. The molecule has 2 N–H and O–H groups in total. The Kier molecular flexibility index (Phi) is 6.04. The number of para-hydroxylation sites is 1. The molecule has 4 rings (SSSR count). The number of piperidine rings is 1. The SMILES string of the molecule is COc1ccc(-c2nn(-c3ccccc3C)cc2CN2CCC[C@@H](C(N)=O)C2)cc1F. The number of carbonyl (C=O) groups excluding carboxylic acids is 1. The van der Waals surface area contributed by atoms with E-state index < -0.39 is 5.82 Å². The first kappa shape index (κ1) is 21.1. The number of carbonyl (C=O) groups is 1. The number of methoxy groups -OCH3 is 1. The van der Waals surface area contributed by atoms with Gasteiger partial charge in [0.15, 0.2) is 11.6 Å². The van der Waals surface area contributed by atoms with Gasteiger partial charge in [0.1, 0.15) is 0 Å². The quantitative estimate of drug-likeness (QED) is 0.658. The van der Waals surface area contributed by atoms with Crippen LogP contribution in [0.1, 0.15) is 24.0 Å².